The molecule has 0 saturated heterocycles. The van der Waals surface area contributed by atoms with Gasteiger partial charge in [-0.1, -0.05) is 12.1 Å². The maximum Gasteiger partial charge on any atom is 0.328 e. The Balaban J connectivity index is 2.68. The molecule has 15 heavy (non-hydrogen) atoms. The number of nitrogens with one attached hydrogen (secondary N) is 1. The second-order valence-corrected chi connectivity index (χ2v) is 3.59. The van der Waals surface area contributed by atoms with Crippen LogP contribution in [0.25, 0.3) is 6.08 Å². The normalized spacial score (nSPS) is 10.9. The van der Waals surface area contributed by atoms with Crippen molar-refractivity contribution < 1.29 is 9.90 Å². The van der Waals surface area contributed by atoms with Crippen molar-refractivity contribution in [2.45, 2.75) is 19.9 Å². The molecule has 0 saturated carbocycles. The fraction of sp³-hybridized carbons (Fsp3) is 0.250. The summed E-state index contributed by atoms with van der Waals surface area (Å²) >= 11 is 0. The van der Waals surface area contributed by atoms with E-state index in [-0.39, 0.29) is 0 Å². The predicted molar refractivity (Wildman–Crippen MR) is 61.9 cm³/mol. The monoisotopic (exact) mass is 205 g/mol. The first-order valence-corrected chi connectivity index (χ1v) is 4.85. The zero-order chi connectivity index (χ0) is 11.3. The molecule has 2 N–H and O–H groups in total. The van der Waals surface area contributed by atoms with E-state index in [2.05, 4.69) is 19.2 Å². The molecular weight excluding hydrogens is 190 g/mol. The van der Waals surface area contributed by atoms with Gasteiger partial charge in [-0.05, 0) is 37.6 Å². The largest absolute Gasteiger partial charge is 0.478 e. The molecule has 0 aliphatic heterocycles. The second kappa shape index (κ2) is 5.20. The fourth-order valence-corrected chi connectivity index (χ4v) is 1.19. The van der Waals surface area contributed by atoms with Gasteiger partial charge in [-0.15, -0.1) is 0 Å². The summed E-state index contributed by atoms with van der Waals surface area (Å²) in [6.45, 7) is 4.14. The van der Waals surface area contributed by atoms with Crippen molar-refractivity contribution in [1.82, 2.24) is 0 Å². The van der Waals surface area contributed by atoms with E-state index >= 15 is 0 Å². The molecule has 0 amide bonds. The van der Waals surface area contributed by atoms with E-state index in [0.29, 0.717) is 6.04 Å². The molecule has 0 atom stereocenters. The standard InChI is InChI=1S/C12H15NO2/c1-9(2)13-11-6-3-10(4-7-11)5-8-12(14)15/h3-9,13H,1-2H3,(H,14,15)/b8-5+. The van der Waals surface area contributed by atoms with Crippen LogP contribution in [0.2, 0.25) is 0 Å². The third-order valence-corrected chi connectivity index (χ3v) is 1.78. The minimum atomic E-state index is -0.931. The Morgan fingerprint density at radius 1 is 1.33 bits per heavy atom. The summed E-state index contributed by atoms with van der Waals surface area (Å²) in [5, 5.41) is 11.7. The maximum absolute atomic E-state index is 10.3. The van der Waals surface area contributed by atoms with Crippen LogP contribution in [0.3, 0.4) is 0 Å². The van der Waals surface area contributed by atoms with Gasteiger partial charge in [0.1, 0.15) is 0 Å². The molecule has 0 spiro atoms. The number of hydrogen-bond acceptors (Lipinski definition) is 2. The van der Waals surface area contributed by atoms with Crippen molar-refractivity contribution in [2.75, 3.05) is 5.32 Å². The van der Waals surface area contributed by atoms with Crippen LogP contribution in [0.4, 0.5) is 5.69 Å². The number of hydrogen-bond donors (Lipinski definition) is 2. The van der Waals surface area contributed by atoms with Crippen LogP contribution in [-0.2, 0) is 4.79 Å². The summed E-state index contributed by atoms with van der Waals surface area (Å²) in [6.07, 6.45) is 2.70. The molecule has 1 aromatic carbocycles. The van der Waals surface area contributed by atoms with Gasteiger partial charge in [0.2, 0.25) is 0 Å². The van der Waals surface area contributed by atoms with Gasteiger partial charge in [-0.2, -0.15) is 0 Å². The minimum Gasteiger partial charge on any atom is -0.478 e. The van der Waals surface area contributed by atoms with E-state index in [4.69, 9.17) is 5.11 Å². The molecule has 3 heteroatoms. The number of rotatable bonds is 4. The van der Waals surface area contributed by atoms with Crippen LogP contribution in [0.5, 0.6) is 0 Å². The van der Waals surface area contributed by atoms with Gasteiger partial charge in [-0.25, -0.2) is 4.79 Å². The van der Waals surface area contributed by atoms with Crippen molar-refractivity contribution >= 4 is 17.7 Å². The fourth-order valence-electron chi connectivity index (χ4n) is 1.19. The Morgan fingerprint density at radius 3 is 2.40 bits per heavy atom. The summed E-state index contributed by atoms with van der Waals surface area (Å²) in [6, 6.07) is 8.02. The van der Waals surface area contributed by atoms with E-state index in [0.717, 1.165) is 17.3 Å². The quantitative estimate of drug-likeness (QED) is 0.743. The Kier molecular flexibility index (Phi) is 3.92. The zero-order valence-corrected chi connectivity index (χ0v) is 8.90. The van der Waals surface area contributed by atoms with Gasteiger partial charge < -0.3 is 10.4 Å². The lowest BCUT2D eigenvalue weighted by Gasteiger charge is -2.09. The average molecular weight is 205 g/mol. The van der Waals surface area contributed by atoms with E-state index in [1.807, 2.05) is 24.3 Å². The van der Waals surface area contributed by atoms with Gasteiger partial charge in [0, 0.05) is 17.8 Å². The van der Waals surface area contributed by atoms with Gasteiger partial charge in [0.25, 0.3) is 0 Å². The second-order valence-electron chi connectivity index (χ2n) is 3.59. The highest BCUT2D eigenvalue weighted by Crippen LogP contribution is 2.11. The highest BCUT2D eigenvalue weighted by Gasteiger charge is 1.94. The first-order valence-electron chi connectivity index (χ1n) is 4.85. The van der Waals surface area contributed by atoms with Crippen LogP contribution < -0.4 is 5.32 Å². The lowest BCUT2D eigenvalue weighted by molar-refractivity contribution is -0.131. The molecule has 0 radical (unpaired) electrons. The predicted octanol–water partition coefficient (Wildman–Crippen LogP) is 2.60. The smallest absolute Gasteiger partial charge is 0.328 e. The van der Waals surface area contributed by atoms with Crippen LogP contribution in [0, 0.1) is 0 Å². The summed E-state index contributed by atoms with van der Waals surface area (Å²) in [7, 11) is 0. The topological polar surface area (TPSA) is 49.3 Å². The van der Waals surface area contributed by atoms with Gasteiger partial charge in [0.05, 0.1) is 0 Å². The van der Waals surface area contributed by atoms with E-state index in [1.54, 1.807) is 6.08 Å². The Hall–Kier alpha value is -1.77. The Bertz CT molecular complexity index is 352. The number of aliphatic carboxylic acids is 1. The summed E-state index contributed by atoms with van der Waals surface area (Å²) in [4.78, 5) is 10.3. The Labute approximate surface area is 89.4 Å². The van der Waals surface area contributed by atoms with E-state index in [9.17, 15) is 4.79 Å². The molecule has 1 aromatic rings. The summed E-state index contributed by atoms with van der Waals surface area (Å²) < 4.78 is 0. The lowest BCUT2D eigenvalue weighted by atomic mass is 10.2. The SMILES string of the molecule is CC(C)Nc1ccc(/C=C/C(=O)O)cc1. The molecule has 80 valence electrons. The third-order valence-electron chi connectivity index (χ3n) is 1.78. The number of carboxylic acid groups (broad SMARTS) is 1. The molecule has 3 nitrogen and oxygen atoms in total. The van der Waals surface area contributed by atoms with Crippen molar-refractivity contribution in [3.63, 3.8) is 0 Å². The maximum atomic E-state index is 10.3. The summed E-state index contributed by atoms with van der Waals surface area (Å²) in [5.74, 6) is -0.931. The van der Waals surface area contributed by atoms with Crippen molar-refractivity contribution in [1.29, 1.82) is 0 Å². The molecule has 0 aliphatic rings. The lowest BCUT2D eigenvalue weighted by Crippen LogP contribution is -2.09. The number of carbonyl (C=O) groups is 1. The van der Waals surface area contributed by atoms with E-state index < -0.39 is 5.97 Å². The number of carboxylic acids is 1. The van der Waals surface area contributed by atoms with Crippen molar-refractivity contribution in [3.05, 3.63) is 35.9 Å². The Morgan fingerprint density at radius 2 is 1.93 bits per heavy atom. The first-order chi connectivity index (χ1) is 7.08. The molecule has 0 aromatic heterocycles. The first kappa shape index (κ1) is 11.3. The highest BCUT2D eigenvalue weighted by molar-refractivity contribution is 5.85. The molecule has 0 fully saturated rings. The van der Waals surface area contributed by atoms with E-state index in [1.165, 1.54) is 0 Å². The number of anilines is 1. The zero-order valence-electron chi connectivity index (χ0n) is 8.90. The van der Waals surface area contributed by atoms with Gasteiger partial charge >= 0.3 is 5.97 Å². The minimum absolute atomic E-state index is 0.394. The van der Waals surface area contributed by atoms with Crippen LogP contribution >= 0.6 is 0 Å². The van der Waals surface area contributed by atoms with Crippen molar-refractivity contribution in [3.8, 4) is 0 Å². The molecule has 0 aliphatic carbocycles. The third kappa shape index (κ3) is 4.31. The van der Waals surface area contributed by atoms with Crippen LogP contribution in [0.15, 0.2) is 30.3 Å². The van der Waals surface area contributed by atoms with Gasteiger partial charge in [-0.3, -0.25) is 0 Å². The van der Waals surface area contributed by atoms with Gasteiger partial charge in [0.15, 0.2) is 0 Å². The average Bonchev–Trinajstić information content (AvgIpc) is 2.16. The molecule has 0 heterocycles. The van der Waals surface area contributed by atoms with Crippen LogP contribution in [0.1, 0.15) is 19.4 Å². The molecule has 0 bridgehead atoms. The van der Waals surface area contributed by atoms with Crippen LogP contribution in [-0.4, -0.2) is 17.1 Å². The number of benzene rings is 1. The molecule has 1 rings (SSSR count). The highest BCUT2D eigenvalue weighted by atomic mass is 16.4. The molecule has 0 unspecified atom stereocenters. The van der Waals surface area contributed by atoms with Crippen molar-refractivity contribution in [2.24, 2.45) is 0 Å². The summed E-state index contributed by atoms with van der Waals surface area (Å²) in [5.41, 5.74) is 1.92. The molecular formula is C12H15NO2.